The summed E-state index contributed by atoms with van der Waals surface area (Å²) in [6, 6.07) is 4.44. The van der Waals surface area contributed by atoms with Crippen molar-refractivity contribution in [3.63, 3.8) is 0 Å². The Hall–Kier alpha value is -0.580. The molecule has 0 bridgehead atoms. The summed E-state index contributed by atoms with van der Waals surface area (Å²) >= 11 is 11.6. The Morgan fingerprint density at radius 1 is 1.21 bits per heavy atom. The van der Waals surface area contributed by atoms with Crippen molar-refractivity contribution in [3.05, 3.63) is 33.8 Å². The molecule has 0 N–H and O–H groups in total. The number of ketones is 1. The van der Waals surface area contributed by atoms with Gasteiger partial charge in [-0.3, -0.25) is 4.79 Å². The molecule has 106 valence electrons. The first-order chi connectivity index (χ1) is 8.85. The van der Waals surface area contributed by atoms with Crippen molar-refractivity contribution in [1.82, 2.24) is 0 Å². The first-order valence-corrected chi connectivity index (χ1v) is 8.62. The molecule has 0 aliphatic carbocycles. The van der Waals surface area contributed by atoms with Gasteiger partial charge in [0.05, 0.1) is 10.8 Å². The Morgan fingerprint density at radius 2 is 1.89 bits per heavy atom. The van der Waals surface area contributed by atoms with Crippen LogP contribution in [0.3, 0.4) is 0 Å². The summed E-state index contributed by atoms with van der Waals surface area (Å²) in [5.41, 5.74) is 0.160. The summed E-state index contributed by atoms with van der Waals surface area (Å²) in [5.74, 6) is -0.995. The van der Waals surface area contributed by atoms with Crippen LogP contribution in [-0.4, -0.2) is 25.7 Å². The highest BCUT2D eigenvalue weighted by Gasteiger charge is 2.19. The highest BCUT2D eigenvalue weighted by molar-refractivity contribution is 7.92. The van der Waals surface area contributed by atoms with Gasteiger partial charge in [0.15, 0.2) is 15.6 Å². The molecule has 0 aliphatic rings. The average molecular weight is 323 g/mol. The standard InChI is InChI=1S/C13H16Cl2O3S/c1-2-3-4-7-19(17,18)9-13(16)11-8-10(14)5-6-12(11)15/h5-6,8H,2-4,7,9H2,1H3. The maximum Gasteiger partial charge on any atom is 0.179 e. The fourth-order valence-corrected chi connectivity index (χ4v) is 3.37. The number of halogens is 2. The fraction of sp³-hybridized carbons (Fsp3) is 0.462. The molecule has 0 saturated carbocycles. The van der Waals surface area contributed by atoms with E-state index in [1.54, 1.807) is 6.07 Å². The largest absolute Gasteiger partial charge is 0.293 e. The van der Waals surface area contributed by atoms with E-state index in [0.29, 0.717) is 11.4 Å². The molecule has 0 unspecified atom stereocenters. The summed E-state index contributed by atoms with van der Waals surface area (Å²) in [7, 11) is -3.38. The topological polar surface area (TPSA) is 51.2 Å². The molecule has 0 aromatic heterocycles. The minimum atomic E-state index is -3.38. The van der Waals surface area contributed by atoms with Gasteiger partial charge in [-0.05, 0) is 24.6 Å². The van der Waals surface area contributed by atoms with Crippen molar-refractivity contribution < 1.29 is 13.2 Å². The molecular formula is C13H16Cl2O3S. The number of carbonyl (C=O) groups is 1. The summed E-state index contributed by atoms with van der Waals surface area (Å²) < 4.78 is 23.6. The van der Waals surface area contributed by atoms with E-state index in [0.717, 1.165) is 12.8 Å². The van der Waals surface area contributed by atoms with Crippen LogP contribution < -0.4 is 0 Å². The van der Waals surface area contributed by atoms with E-state index >= 15 is 0 Å². The molecular weight excluding hydrogens is 307 g/mol. The Labute approximate surface area is 123 Å². The van der Waals surface area contributed by atoms with Crippen LogP contribution in [0.1, 0.15) is 36.5 Å². The Bertz CT molecular complexity index is 553. The maximum absolute atomic E-state index is 11.9. The third-order valence-electron chi connectivity index (χ3n) is 2.64. The lowest BCUT2D eigenvalue weighted by Gasteiger charge is -2.05. The monoisotopic (exact) mass is 322 g/mol. The highest BCUT2D eigenvalue weighted by Crippen LogP contribution is 2.21. The molecule has 0 atom stereocenters. The van der Waals surface area contributed by atoms with E-state index in [1.807, 2.05) is 6.92 Å². The van der Waals surface area contributed by atoms with E-state index in [9.17, 15) is 13.2 Å². The molecule has 0 heterocycles. The third kappa shape index (κ3) is 5.51. The van der Waals surface area contributed by atoms with Crippen molar-refractivity contribution >= 4 is 38.8 Å². The van der Waals surface area contributed by atoms with Gasteiger partial charge in [-0.15, -0.1) is 0 Å². The van der Waals surface area contributed by atoms with Crippen LogP contribution in [0.15, 0.2) is 18.2 Å². The third-order valence-corrected chi connectivity index (χ3v) is 4.82. The number of hydrogen-bond donors (Lipinski definition) is 0. The van der Waals surface area contributed by atoms with Crippen LogP contribution in [0, 0.1) is 0 Å². The molecule has 0 fully saturated rings. The number of rotatable bonds is 7. The van der Waals surface area contributed by atoms with Crippen molar-refractivity contribution in [1.29, 1.82) is 0 Å². The molecule has 3 nitrogen and oxygen atoms in total. The molecule has 0 radical (unpaired) electrons. The second kappa shape index (κ2) is 7.27. The molecule has 6 heteroatoms. The summed E-state index contributed by atoms with van der Waals surface area (Å²) in [6.45, 7) is 1.99. The molecule has 1 aromatic carbocycles. The lowest BCUT2D eigenvalue weighted by atomic mass is 10.1. The molecule has 1 rings (SSSR count). The van der Waals surface area contributed by atoms with E-state index in [4.69, 9.17) is 23.2 Å². The number of Topliss-reactive ketones (excluding diaryl/α,β-unsaturated/α-hetero) is 1. The molecule has 19 heavy (non-hydrogen) atoms. The SMILES string of the molecule is CCCCCS(=O)(=O)CC(=O)c1cc(Cl)ccc1Cl. The molecule has 0 aliphatic heterocycles. The van der Waals surface area contributed by atoms with Crippen LogP contribution in [0.5, 0.6) is 0 Å². The lowest BCUT2D eigenvalue weighted by Crippen LogP contribution is -2.19. The van der Waals surface area contributed by atoms with Gasteiger partial charge in [0.2, 0.25) is 0 Å². The van der Waals surface area contributed by atoms with Gasteiger partial charge < -0.3 is 0 Å². The predicted molar refractivity (Wildman–Crippen MR) is 79.0 cm³/mol. The highest BCUT2D eigenvalue weighted by atomic mass is 35.5. The summed E-state index contributed by atoms with van der Waals surface area (Å²) in [6.07, 6.45) is 2.35. The fourth-order valence-electron chi connectivity index (χ4n) is 1.63. The van der Waals surface area contributed by atoms with Gasteiger partial charge in [0, 0.05) is 10.6 Å². The zero-order valence-corrected chi connectivity index (χ0v) is 13.0. The minimum absolute atomic E-state index is 0.0325. The second-order valence-corrected chi connectivity index (χ2v) is 7.37. The van der Waals surface area contributed by atoms with Gasteiger partial charge in [-0.2, -0.15) is 0 Å². The number of hydrogen-bond acceptors (Lipinski definition) is 3. The van der Waals surface area contributed by atoms with Crippen LogP contribution >= 0.6 is 23.2 Å². The first-order valence-electron chi connectivity index (χ1n) is 6.04. The Kier molecular flexibility index (Phi) is 6.30. The van der Waals surface area contributed by atoms with E-state index in [1.165, 1.54) is 12.1 Å². The van der Waals surface area contributed by atoms with Crippen LogP contribution in [0.4, 0.5) is 0 Å². The van der Waals surface area contributed by atoms with Crippen molar-refractivity contribution in [2.75, 3.05) is 11.5 Å². The predicted octanol–water partition coefficient (Wildman–Crippen LogP) is 3.78. The first kappa shape index (κ1) is 16.5. The smallest absolute Gasteiger partial charge is 0.179 e. The van der Waals surface area contributed by atoms with Crippen LogP contribution in [0.25, 0.3) is 0 Å². The lowest BCUT2D eigenvalue weighted by molar-refractivity contribution is 0.102. The van der Waals surface area contributed by atoms with Crippen LogP contribution in [-0.2, 0) is 9.84 Å². The van der Waals surface area contributed by atoms with E-state index in [-0.39, 0.29) is 16.3 Å². The van der Waals surface area contributed by atoms with Gasteiger partial charge in [-0.1, -0.05) is 43.0 Å². The quantitative estimate of drug-likeness (QED) is 0.567. The van der Waals surface area contributed by atoms with Gasteiger partial charge in [-0.25, -0.2) is 8.42 Å². The zero-order chi connectivity index (χ0) is 14.5. The number of unbranched alkanes of at least 4 members (excludes halogenated alkanes) is 2. The Balaban J connectivity index is 2.76. The number of benzene rings is 1. The Morgan fingerprint density at radius 3 is 2.53 bits per heavy atom. The number of sulfone groups is 1. The van der Waals surface area contributed by atoms with Gasteiger partial charge in [0.25, 0.3) is 0 Å². The van der Waals surface area contributed by atoms with E-state index < -0.39 is 21.4 Å². The summed E-state index contributed by atoms with van der Waals surface area (Å²) in [4.78, 5) is 11.9. The maximum atomic E-state index is 11.9. The van der Waals surface area contributed by atoms with Gasteiger partial charge in [0.1, 0.15) is 5.75 Å². The molecule has 0 spiro atoms. The van der Waals surface area contributed by atoms with E-state index in [2.05, 4.69) is 0 Å². The normalized spacial score (nSPS) is 11.5. The van der Waals surface area contributed by atoms with Crippen molar-refractivity contribution in [2.45, 2.75) is 26.2 Å². The van der Waals surface area contributed by atoms with Crippen LogP contribution in [0.2, 0.25) is 10.0 Å². The van der Waals surface area contributed by atoms with Gasteiger partial charge >= 0.3 is 0 Å². The summed E-state index contributed by atoms with van der Waals surface area (Å²) in [5, 5.41) is 0.578. The van der Waals surface area contributed by atoms with Crippen molar-refractivity contribution in [3.8, 4) is 0 Å². The minimum Gasteiger partial charge on any atom is -0.293 e. The van der Waals surface area contributed by atoms with Crippen molar-refractivity contribution in [2.24, 2.45) is 0 Å². The zero-order valence-electron chi connectivity index (χ0n) is 10.7. The second-order valence-electron chi connectivity index (χ2n) is 4.35. The molecule has 1 aromatic rings. The number of carbonyl (C=O) groups excluding carboxylic acids is 1. The molecule has 0 saturated heterocycles. The molecule has 0 amide bonds. The average Bonchev–Trinajstić information content (AvgIpc) is 2.31.